The summed E-state index contributed by atoms with van der Waals surface area (Å²) >= 11 is 0. The highest BCUT2D eigenvalue weighted by atomic mass is 15.1. The van der Waals surface area contributed by atoms with E-state index >= 15 is 0 Å². The third kappa shape index (κ3) is 2.78. The molecule has 102 valence electrons. The minimum absolute atomic E-state index is 0.228. The van der Waals surface area contributed by atoms with Crippen LogP contribution in [0.3, 0.4) is 0 Å². The summed E-state index contributed by atoms with van der Waals surface area (Å²) in [5, 5.41) is 7.56. The van der Waals surface area contributed by atoms with E-state index in [-0.39, 0.29) is 11.9 Å². The van der Waals surface area contributed by atoms with Crippen LogP contribution in [0.4, 0.5) is 0 Å². The van der Waals surface area contributed by atoms with Crippen molar-refractivity contribution in [3.8, 4) is 0 Å². The Morgan fingerprint density at radius 1 is 1.37 bits per heavy atom. The number of nitrogens with one attached hydrogen (secondary N) is 1. The van der Waals surface area contributed by atoms with E-state index in [0.29, 0.717) is 6.42 Å². The second kappa shape index (κ2) is 5.87. The first-order valence-electron chi connectivity index (χ1n) is 6.96. The van der Waals surface area contributed by atoms with Gasteiger partial charge in [0.05, 0.1) is 16.9 Å². The lowest BCUT2D eigenvalue weighted by Crippen LogP contribution is -2.20. The Hall–Kier alpha value is -1.84. The van der Waals surface area contributed by atoms with Gasteiger partial charge in [-0.25, -0.2) is 4.98 Å². The summed E-state index contributed by atoms with van der Waals surface area (Å²) in [6.07, 6.45) is 3.58. The van der Waals surface area contributed by atoms with E-state index in [9.17, 15) is 0 Å². The molecule has 3 N–H and O–H groups in total. The van der Waals surface area contributed by atoms with Crippen LogP contribution >= 0.6 is 0 Å². The molecule has 1 aromatic heterocycles. The van der Waals surface area contributed by atoms with E-state index in [4.69, 9.17) is 16.1 Å². The lowest BCUT2D eigenvalue weighted by molar-refractivity contribution is 0.492. The molecular formula is C15H22N4. The van der Waals surface area contributed by atoms with Crippen molar-refractivity contribution in [3.63, 3.8) is 0 Å². The van der Waals surface area contributed by atoms with Crippen LogP contribution in [0.25, 0.3) is 11.0 Å². The van der Waals surface area contributed by atoms with Crippen molar-refractivity contribution < 1.29 is 0 Å². The van der Waals surface area contributed by atoms with Crippen molar-refractivity contribution in [3.05, 3.63) is 30.1 Å². The zero-order valence-electron chi connectivity index (χ0n) is 11.7. The Labute approximate surface area is 114 Å². The maximum absolute atomic E-state index is 7.56. The van der Waals surface area contributed by atoms with Gasteiger partial charge in [-0.1, -0.05) is 26.0 Å². The lowest BCUT2D eigenvalue weighted by Gasteiger charge is -2.19. The van der Waals surface area contributed by atoms with Crippen LogP contribution in [-0.4, -0.2) is 15.4 Å². The van der Waals surface area contributed by atoms with Crippen molar-refractivity contribution in [2.45, 2.75) is 45.6 Å². The Morgan fingerprint density at radius 3 is 2.74 bits per heavy atom. The number of aromatic nitrogens is 2. The molecule has 0 amide bonds. The Balaban J connectivity index is 2.53. The fourth-order valence-electron chi connectivity index (χ4n) is 2.57. The minimum Gasteiger partial charge on any atom is -0.388 e. The van der Waals surface area contributed by atoms with Gasteiger partial charge in [0.1, 0.15) is 5.82 Å². The SMILES string of the molecule is CCCc1nc2ccccc2n1C(CC)CC(=N)N. The summed E-state index contributed by atoms with van der Waals surface area (Å²) < 4.78 is 2.28. The highest BCUT2D eigenvalue weighted by Gasteiger charge is 2.17. The third-order valence-electron chi connectivity index (χ3n) is 3.43. The number of hydrogen-bond donors (Lipinski definition) is 2. The Morgan fingerprint density at radius 2 is 2.11 bits per heavy atom. The number of benzene rings is 1. The van der Waals surface area contributed by atoms with E-state index < -0.39 is 0 Å². The van der Waals surface area contributed by atoms with Gasteiger partial charge in [0.15, 0.2) is 0 Å². The predicted octanol–water partition coefficient (Wildman–Crippen LogP) is 3.27. The van der Waals surface area contributed by atoms with Crippen LogP contribution < -0.4 is 5.73 Å². The summed E-state index contributed by atoms with van der Waals surface area (Å²) in [5.74, 6) is 1.35. The fourth-order valence-corrected chi connectivity index (χ4v) is 2.57. The molecule has 0 saturated heterocycles. The van der Waals surface area contributed by atoms with Crippen molar-refractivity contribution >= 4 is 16.9 Å². The standard InChI is InChI=1S/C15H22N4/c1-3-7-15-18-12-8-5-6-9-13(12)19(15)11(4-2)10-14(16)17/h5-6,8-9,11H,3-4,7,10H2,1-2H3,(H3,16,17). The predicted molar refractivity (Wildman–Crippen MR) is 79.6 cm³/mol. The molecule has 1 atom stereocenters. The highest BCUT2D eigenvalue weighted by Crippen LogP contribution is 2.26. The van der Waals surface area contributed by atoms with E-state index in [1.807, 2.05) is 18.2 Å². The van der Waals surface area contributed by atoms with E-state index in [1.165, 1.54) is 0 Å². The van der Waals surface area contributed by atoms with Crippen LogP contribution in [0.15, 0.2) is 24.3 Å². The normalized spacial score (nSPS) is 12.7. The summed E-state index contributed by atoms with van der Waals surface area (Å²) in [6.45, 7) is 4.30. The number of nitrogens with two attached hydrogens (primary N) is 1. The van der Waals surface area contributed by atoms with Gasteiger partial charge in [0.25, 0.3) is 0 Å². The second-order valence-corrected chi connectivity index (χ2v) is 4.93. The van der Waals surface area contributed by atoms with Gasteiger partial charge in [-0.05, 0) is 25.0 Å². The summed E-state index contributed by atoms with van der Waals surface area (Å²) in [5.41, 5.74) is 7.78. The molecule has 4 nitrogen and oxygen atoms in total. The number of imidazole rings is 1. The van der Waals surface area contributed by atoms with Gasteiger partial charge in [0, 0.05) is 18.9 Å². The second-order valence-electron chi connectivity index (χ2n) is 4.93. The molecule has 0 spiro atoms. The molecule has 19 heavy (non-hydrogen) atoms. The number of hydrogen-bond acceptors (Lipinski definition) is 2. The summed E-state index contributed by atoms with van der Waals surface area (Å²) in [7, 11) is 0. The summed E-state index contributed by atoms with van der Waals surface area (Å²) in [6, 6.07) is 8.43. The van der Waals surface area contributed by atoms with Gasteiger partial charge in [0.2, 0.25) is 0 Å². The third-order valence-corrected chi connectivity index (χ3v) is 3.43. The molecule has 0 radical (unpaired) electrons. The maximum atomic E-state index is 7.56. The zero-order valence-corrected chi connectivity index (χ0v) is 11.7. The molecule has 0 aliphatic carbocycles. The molecule has 4 heteroatoms. The molecule has 1 unspecified atom stereocenters. The van der Waals surface area contributed by atoms with E-state index in [1.54, 1.807) is 0 Å². The number of aryl methyl sites for hydroxylation is 1. The van der Waals surface area contributed by atoms with Gasteiger partial charge < -0.3 is 10.3 Å². The highest BCUT2D eigenvalue weighted by molar-refractivity contribution is 5.79. The maximum Gasteiger partial charge on any atom is 0.110 e. The number of rotatable bonds is 6. The first-order chi connectivity index (χ1) is 9.17. The molecule has 1 aromatic carbocycles. The molecule has 0 aliphatic rings. The topological polar surface area (TPSA) is 67.7 Å². The number of para-hydroxylation sites is 2. The van der Waals surface area contributed by atoms with Crippen LogP contribution in [0, 0.1) is 5.41 Å². The van der Waals surface area contributed by atoms with Gasteiger partial charge >= 0.3 is 0 Å². The Kier molecular flexibility index (Phi) is 4.20. The van der Waals surface area contributed by atoms with Crippen molar-refractivity contribution in [2.24, 2.45) is 5.73 Å². The van der Waals surface area contributed by atoms with Crippen LogP contribution in [-0.2, 0) is 6.42 Å². The number of fused-ring (bicyclic) bond motifs is 1. The number of nitrogens with zero attached hydrogens (tertiary/aromatic N) is 2. The first kappa shape index (κ1) is 13.6. The van der Waals surface area contributed by atoms with Gasteiger partial charge in [-0.15, -0.1) is 0 Å². The lowest BCUT2D eigenvalue weighted by atomic mass is 10.1. The monoisotopic (exact) mass is 258 g/mol. The largest absolute Gasteiger partial charge is 0.388 e. The quantitative estimate of drug-likeness (QED) is 0.617. The first-order valence-corrected chi connectivity index (χ1v) is 6.96. The molecule has 1 heterocycles. The van der Waals surface area contributed by atoms with Crippen molar-refractivity contribution in [1.29, 1.82) is 5.41 Å². The molecule has 0 aliphatic heterocycles. The molecule has 0 fully saturated rings. The van der Waals surface area contributed by atoms with Crippen LogP contribution in [0.1, 0.15) is 45.0 Å². The molecular weight excluding hydrogens is 236 g/mol. The van der Waals surface area contributed by atoms with Crippen LogP contribution in [0.2, 0.25) is 0 Å². The molecule has 2 rings (SSSR count). The number of amidine groups is 1. The fraction of sp³-hybridized carbons (Fsp3) is 0.467. The zero-order chi connectivity index (χ0) is 13.8. The van der Waals surface area contributed by atoms with Crippen molar-refractivity contribution in [2.75, 3.05) is 0 Å². The van der Waals surface area contributed by atoms with Crippen molar-refractivity contribution in [1.82, 2.24) is 9.55 Å². The van der Waals surface area contributed by atoms with Gasteiger partial charge in [-0.2, -0.15) is 0 Å². The molecule has 0 saturated carbocycles. The van der Waals surface area contributed by atoms with Crippen LogP contribution in [0.5, 0.6) is 0 Å². The average Bonchev–Trinajstić information content (AvgIpc) is 2.74. The molecule has 2 aromatic rings. The summed E-state index contributed by atoms with van der Waals surface area (Å²) in [4.78, 5) is 4.73. The van der Waals surface area contributed by atoms with Gasteiger partial charge in [-0.3, -0.25) is 5.41 Å². The molecule has 0 bridgehead atoms. The van der Waals surface area contributed by atoms with E-state index in [0.717, 1.165) is 36.1 Å². The van der Waals surface area contributed by atoms with E-state index in [2.05, 4.69) is 24.5 Å². The smallest absolute Gasteiger partial charge is 0.110 e. The Bertz CT molecular complexity index is 571. The minimum atomic E-state index is 0.228. The average molecular weight is 258 g/mol.